The molecular formula is C23H21N3O3. The molecule has 0 unspecified atom stereocenters. The van der Waals surface area contributed by atoms with E-state index in [2.05, 4.69) is 0 Å². The molecule has 6 nitrogen and oxygen atoms in total. The molecule has 0 heterocycles. The van der Waals surface area contributed by atoms with Gasteiger partial charge in [0.2, 0.25) is 5.91 Å². The van der Waals surface area contributed by atoms with Gasteiger partial charge in [-0.15, -0.1) is 0 Å². The second-order valence-corrected chi connectivity index (χ2v) is 6.57. The predicted octanol–water partition coefficient (Wildman–Crippen LogP) is 4.42. The van der Waals surface area contributed by atoms with E-state index in [1.165, 1.54) is 12.1 Å². The average Bonchev–Trinajstić information content (AvgIpc) is 2.73. The number of nitrogen functional groups attached to an aromatic ring is 1. The Kier molecular flexibility index (Phi) is 6.37. The molecule has 0 saturated heterocycles. The predicted molar refractivity (Wildman–Crippen MR) is 114 cm³/mol. The molecule has 0 bridgehead atoms. The topological polar surface area (TPSA) is 89.5 Å². The van der Waals surface area contributed by atoms with Crippen molar-refractivity contribution in [3.8, 4) is 0 Å². The summed E-state index contributed by atoms with van der Waals surface area (Å²) in [5.74, 6) is -0.233. The maximum absolute atomic E-state index is 12.9. The Morgan fingerprint density at radius 3 is 2.28 bits per heavy atom. The van der Waals surface area contributed by atoms with Crippen molar-refractivity contribution < 1.29 is 9.72 Å². The zero-order valence-corrected chi connectivity index (χ0v) is 15.8. The summed E-state index contributed by atoms with van der Waals surface area (Å²) in [5.41, 5.74) is 8.62. The van der Waals surface area contributed by atoms with Crippen molar-refractivity contribution in [2.75, 3.05) is 5.73 Å². The fraction of sp³-hybridized carbons (Fsp3) is 0.0870. The number of hydrogen-bond donors (Lipinski definition) is 1. The third-order valence-corrected chi connectivity index (χ3v) is 4.43. The lowest BCUT2D eigenvalue weighted by Crippen LogP contribution is -2.28. The number of amides is 1. The highest BCUT2D eigenvalue weighted by Gasteiger charge is 2.18. The number of nitrogens with two attached hydrogens (primary N) is 1. The molecule has 146 valence electrons. The Bertz CT molecular complexity index is 1020. The van der Waals surface area contributed by atoms with Gasteiger partial charge in [0.15, 0.2) is 0 Å². The number of carbonyl (C=O) groups is 1. The third-order valence-electron chi connectivity index (χ3n) is 4.43. The first-order chi connectivity index (χ1) is 14.0. The molecule has 29 heavy (non-hydrogen) atoms. The number of anilines is 1. The molecule has 0 aromatic heterocycles. The highest BCUT2D eigenvalue weighted by molar-refractivity contribution is 5.91. The number of carbonyl (C=O) groups excluding carboxylic acids is 1. The van der Waals surface area contributed by atoms with Gasteiger partial charge < -0.3 is 10.6 Å². The average molecular weight is 387 g/mol. The van der Waals surface area contributed by atoms with E-state index in [1.54, 1.807) is 41.3 Å². The maximum Gasteiger partial charge on any atom is 0.274 e. The molecule has 0 fully saturated rings. The number of rotatable bonds is 7. The molecular weight excluding hydrogens is 366 g/mol. The van der Waals surface area contributed by atoms with Gasteiger partial charge in [0.05, 0.1) is 11.5 Å². The van der Waals surface area contributed by atoms with Crippen LogP contribution < -0.4 is 5.73 Å². The number of nitro benzene ring substituents is 1. The van der Waals surface area contributed by atoms with Gasteiger partial charge in [-0.25, -0.2) is 0 Å². The summed E-state index contributed by atoms with van der Waals surface area (Å²) in [4.78, 5) is 25.4. The SMILES string of the molecule is Nc1ccc(/C=C/C(=O)N(Cc2ccccc2)Cc2ccccc2[N+](=O)[O-])cc1. The smallest absolute Gasteiger partial charge is 0.274 e. The van der Waals surface area contributed by atoms with Crippen molar-refractivity contribution in [3.63, 3.8) is 0 Å². The van der Waals surface area contributed by atoms with Crippen LogP contribution in [0.15, 0.2) is 84.9 Å². The Labute approximate surface area is 169 Å². The minimum atomic E-state index is -0.426. The van der Waals surface area contributed by atoms with Crippen molar-refractivity contribution in [2.45, 2.75) is 13.1 Å². The van der Waals surface area contributed by atoms with E-state index < -0.39 is 4.92 Å². The minimum absolute atomic E-state index is 0.000811. The molecule has 2 N–H and O–H groups in total. The van der Waals surface area contributed by atoms with E-state index in [0.717, 1.165) is 11.1 Å². The van der Waals surface area contributed by atoms with Crippen molar-refractivity contribution in [2.24, 2.45) is 0 Å². The quantitative estimate of drug-likeness (QED) is 0.281. The Balaban J connectivity index is 1.85. The summed E-state index contributed by atoms with van der Waals surface area (Å²) in [6.07, 6.45) is 3.18. The number of para-hydroxylation sites is 1. The first kappa shape index (κ1) is 19.8. The molecule has 3 aromatic rings. The summed E-state index contributed by atoms with van der Waals surface area (Å²) in [5, 5.41) is 11.3. The zero-order chi connectivity index (χ0) is 20.6. The summed E-state index contributed by atoms with van der Waals surface area (Å²) in [6.45, 7) is 0.481. The molecule has 3 aromatic carbocycles. The normalized spacial score (nSPS) is 10.8. The van der Waals surface area contributed by atoms with E-state index in [4.69, 9.17) is 5.73 Å². The maximum atomic E-state index is 12.9. The fourth-order valence-corrected chi connectivity index (χ4v) is 2.92. The van der Waals surface area contributed by atoms with Crippen LogP contribution in [0.25, 0.3) is 6.08 Å². The molecule has 0 atom stereocenters. The molecule has 3 rings (SSSR count). The van der Waals surface area contributed by atoms with Gasteiger partial charge in [0, 0.05) is 29.9 Å². The fourth-order valence-electron chi connectivity index (χ4n) is 2.92. The lowest BCUT2D eigenvalue weighted by molar-refractivity contribution is -0.385. The van der Waals surface area contributed by atoms with Gasteiger partial charge >= 0.3 is 0 Å². The Hall–Kier alpha value is -3.93. The summed E-state index contributed by atoms with van der Waals surface area (Å²) < 4.78 is 0. The van der Waals surface area contributed by atoms with Crippen molar-refractivity contribution in [1.82, 2.24) is 4.90 Å². The zero-order valence-electron chi connectivity index (χ0n) is 15.8. The van der Waals surface area contributed by atoms with Crippen LogP contribution >= 0.6 is 0 Å². The van der Waals surface area contributed by atoms with Crippen LogP contribution in [0, 0.1) is 10.1 Å². The largest absolute Gasteiger partial charge is 0.399 e. The number of benzene rings is 3. The molecule has 0 aliphatic heterocycles. The van der Waals surface area contributed by atoms with Crippen LogP contribution in [0.4, 0.5) is 11.4 Å². The number of nitrogens with zero attached hydrogens (tertiary/aromatic N) is 2. The lowest BCUT2D eigenvalue weighted by Gasteiger charge is -2.21. The Morgan fingerprint density at radius 2 is 1.59 bits per heavy atom. The number of hydrogen-bond acceptors (Lipinski definition) is 4. The van der Waals surface area contributed by atoms with E-state index >= 15 is 0 Å². The number of nitro groups is 1. The third kappa shape index (κ3) is 5.52. The molecule has 0 spiro atoms. The molecule has 1 amide bonds. The van der Waals surface area contributed by atoms with Gasteiger partial charge in [0.1, 0.15) is 0 Å². The molecule has 0 radical (unpaired) electrons. The van der Waals surface area contributed by atoms with Gasteiger partial charge in [0.25, 0.3) is 5.69 Å². The van der Waals surface area contributed by atoms with Crippen LogP contribution in [0.3, 0.4) is 0 Å². The second-order valence-electron chi connectivity index (χ2n) is 6.57. The van der Waals surface area contributed by atoms with E-state index in [0.29, 0.717) is 17.8 Å². The van der Waals surface area contributed by atoms with Crippen LogP contribution in [-0.2, 0) is 17.9 Å². The van der Waals surface area contributed by atoms with Crippen molar-refractivity contribution in [3.05, 3.63) is 112 Å². The highest BCUT2D eigenvalue weighted by Crippen LogP contribution is 2.21. The van der Waals surface area contributed by atoms with Gasteiger partial charge in [-0.05, 0) is 29.3 Å². The first-order valence-electron chi connectivity index (χ1n) is 9.11. The van der Waals surface area contributed by atoms with Crippen LogP contribution in [0.1, 0.15) is 16.7 Å². The molecule has 0 aliphatic carbocycles. The first-order valence-corrected chi connectivity index (χ1v) is 9.11. The monoisotopic (exact) mass is 387 g/mol. The van der Waals surface area contributed by atoms with Crippen LogP contribution in [0.5, 0.6) is 0 Å². The van der Waals surface area contributed by atoms with Crippen LogP contribution in [0.2, 0.25) is 0 Å². The molecule has 0 aliphatic rings. The lowest BCUT2D eigenvalue weighted by atomic mass is 10.1. The van der Waals surface area contributed by atoms with Crippen molar-refractivity contribution >= 4 is 23.4 Å². The van der Waals surface area contributed by atoms with E-state index in [1.807, 2.05) is 42.5 Å². The van der Waals surface area contributed by atoms with Gasteiger partial charge in [-0.3, -0.25) is 14.9 Å². The Morgan fingerprint density at radius 1 is 0.931 bits per heavy atom. The van der Waals surface area contributed by atoms with Gasteiger partial charge in [-0.2, -0.15) is 0 Å². The minimum Gasteiger partial charge on any atom is -0.399 e. The van der Waals surface area contributed by atoms with Crippen LogP contribution in [-0.4, -0.2) is 15.7 Å². The molecule has 0 saturated carbocycles. The highest BCUT2D eigenvalue weighted by atomic mass is 16.6. The molecule has 6 heteroatoms. The summed E-state index contributed by atoms with van der Waals surface area (Å²) in [7, 11) is 0. The second kappa shape index (κ2) is 9.32. The van der Waals surface area contributed by atoms with E-state index in [-0.39, 0.29) is 18.1 Å². The summed E-state index contributed by atoms with van der Waals surface area (Å²) >= 11 is 0. The van der Waals surface area contributed by atoms with Crippen molar-refractivity contribution in [1.29, 1.82) is 0 Å². The van der Waals surface area contributed by atoms with Gasteiger partial charge in [-0.1, -0.05) is 60.7 Å². The summed E-state index contributed by atoms with van der Waals surface area (Å²) in [6, 6.07) is 23.2. The standard InChI is InChI=1S/C23H21N3O3/c24-21-13-10-18(11-14-21)12-15-23(27)25(16-19-6-2-1-3-7-19)17-20-8-4-5-9-22(20)26(28)29/h1-15H,16-17,24H2/b15-12+. The van der Waals surface area contributed by atoms with E-state index in [9.17, 15) is 14.9 Å².